The van der Waals surface area contributed by atoms with Gasteiger partial charge in [-0.05, 0) is 17.5 Å². The lowest BCUT2D eigenvalue weighted by molar-refractivity contribution is -0.142. The monoisotopic (exact) mass is 281 g/mol. The van der Waals surface area contributed by atoms with Crippen LogP contribution in [0.15, 0.2) is 24.3 Å². The minimum absolute atomic E-state index is 0.0488. The second-order valence-electron chi connectivity index (χ2n) is 4.60. The predicted molar refractivity (Wildman–Crippen MR) is 76.3 cm³/mol. The summed E-state index contributed by atoms with van der Waals surface area (Å²) in [6.45, 7) is 2.32. The number of rotatable bonds is 8. The molecule has 0 saturated heterocycles. The molecule has 0 aromatic heterocycles. The number of esters is 1. The zero-order chi connectivity index (χ0) is 15.0. The van der Waals surface area contributed by atoms with E-state index in [4.69, 9.17) is 5.11 Å². The molecule has 5 nitrogen and oxygen atoms in total. The van der Waals surface area contributed by atoms with Gasteiger partial charge in [-0.15, -0.1) is 0 Å². The molecule has 0 heterocycles. The maximum atomic E-state index is 11.4. The van der Waals surface area contributed by atoms with Crippen molar-refractivity contribution in [1.29, 1.82) is 0 Å². The summed E-state index contributed by atoms with van der Waals surface area (Å²) in [5.41, 5.74) is 1.93. The lowest BCUT2D eigenvalue weighted by Crippen LogP contribution is -2.38. The summed E-state index contributed by atoms with van der Waals surface area (Å²) in [6.07, 6.45) is 0.157. The molecule has 0 amide bonds. The van der Waals surface area contributed by atoms with Crippen molar-refractivity contribution >= 4 is 5.97 Å². The molecule has 0 aliphatic carbocycles. The van der Waals surface area contributed by atoms with Crippen LogP contribution in [0.2, 0.25) is 0 Å². The molecule has 1 aromatic carbocycles. The van der Waals surface area contributed by atoms with Gasteiger partial charge in [-0.3, -0.25) is 4.79 Å². The molecular weight excluding hydrogens is 258 g/mol. The number of methoxy groups -OCH3 is 1. The maximum absolute atomic E-state index is 11.4. The van der Waals surface area contributed by atoms with Crippen molar-refractivity contribution < 1.29 is 19.7 Å². The number of benzene rings is 1. The van der Waals surface area contributed by atoms with Crippen LogP contribution in [0.5, 0.6) is 0 Å². The Morgan fingerprint density at radius 3 is 2.50 bits per heavy atom. The second-order valence-corrected chi connectivity index (χ2v) is 4.60. The number of carbonyl (C=O) groups is 1. The van der Waals surface area contributed by atoms with Crippen LogP contribution in [0.4, 0.5) is 0 Å². The minimum Gasteiger partial charge on any atom is -0.469 e. The standard InChI is InChI=1S/C15H23NO4/c1-3-11-4-6-12(7-5-11)15(19)13(16-8-9-17)10-14(18)20-2/h4-7,13,15-17,19H,3,8-10H2,1-2H3. The van der Waals surface area contributed by atoms with Gasteiger partial charge in [0.1, 0.15) is 0 Å². The van der Waals surface area contributed by atoms with Crippen molar-refractivity contribution in [3.8, 4) is 0 Å². The summed E-state index contributed by atoms with van der Waals surface area (Å²) < 4.78 is 4.63. The first-order valence-corrected chi connectivity index (χ1v) is 6.80. The molecule has 0 saturated carbocycles. The van der Waals surface area contributed by atoms with Crippen molar-refractivity contribution in [2.45, 2.75) is 31.9 Å². The van der Waals surface area contributed by atoms with Crippen LogP contribution in [0, 0.1) is 0 Å². The fourth-order valence-electron chi connectivity index (χ4n) is 1.99. The maximum Gasteiger partial charge on any atom is 0.307 e. The van der Waals surface area contributed by atoms with Gasteiger partial charge in [0, 0.05) is 12.6 Å². The van der Waals surface area contributed by atoms with E-state index in [1.807, 2.05) is 24.3 Å². The van der Waals surface area contributed by atoms with Crippen LogP contribution in [-0.2, 0) is 16.0 Å². The highest BCUT2D eigenvalue weighted by atomic mass is 16.5. The Labute approximate surface area is 119 Å². The summed E-state index contributed by atoms with van der Waals surface area (Å²) in [5.74, 6) is -0.398. The van der Waals surface area contributed by atoms with E-state index in [0.29, 0.717) is 6.54 Å². The molecule has 0 aliphatic heterocycles. The minimum atomic E-state index is -0.827. The Hall–Kier alpha value is -1.43. The fraction of sp³-hybridized carbons (Fsp3) is 0.533. The summed E-state index contributed by atoms with van der Waals surface area (Å²) in [4.78, 5) is 11.4. The lowest BCUT2D eigenvalue weighted by Gasteiger charge is -2.23. The number of ether oxygens (including phenoxy) is 1. The molecule has 5 heteroatoms. The van der Waals surface area contributed by atoms with E-state index < -0.39 is 18.1 Å². The number of carbonyl (C=O) groups excluding carboxylic acids is 1. The molecule has 112 valence electrons. The Kier molecular flexibility index (Phi) is 7.22. The number of aryl methyl sites for hydroxylation is 1. The Balaban J connectivity index is 2.78. The van der Waals surface area contributed by atoms with E-state index in [9.17, 15) is 9.90 Å². The Morgan fingerprint density at radius 1 is 1.35 bits per heavy atom. The zero-order valence-corrected chi connectivity index (χ0v) is 12.0. The van der Waals surface area contributed by atoms with E-state index in [1.54, 1.807) is 0 Å². The third-order valence-corrected chi connectivity index (χ3v) is 3.24. The number of aliphatic hydroxyl groups is 2. The second kappa shape index (κ2) is 8.68. The first kappa shape index (κ1) is 16.6. The van der Waals surface area contributed by atoms with Crippen LogP contribution in [0.25, 0.3) is 0 Å². The summed E-state index contributed by atoms with van der Waals surface area (Å²) in [5, 5.41) is 22.2. The SMILES string of the molecule is CCc1ccc(C(O)C(CC(=O)OC)NCCO)cc1. The number of nitrogens with one attached hydrogen (secondary N) is 1. The average Bonchev–Trinajstić information content (AvgIpc) is 2.50. The molecular formula is C15H23NO4. The van der Waals surface area contributed by atoms with E-state index >= 15 is 0 Å². The van der Waals surface area contributed by atoms with E-state index in [0.717, 1.165) is 12.0 Å². The molecule has 0 aliphatic rings. The molecule has 20 heavy (non-hydrogen) atoms. The molecule has 1 aromatic rings. The van der Waals surface area contributed by atoms with Gasteiger partial charge < -0.3 is 20.3 Å². The van der Waals surface area contributed by atoms with E-state index in [-0.39, 0.29) is 13.0 Å². The number of hydrogen-bond acceptors (Lipinski definition) is 5. The third kappa shape index (κ3) is 4.92. The van der Waals surface area contributed by atoms with Gasteiger partial charge in [-0.2, -0.15) is 0 Å². The van der Waals surface area contributed by atoms with Crippen LogP contribution in [0.3, 0.4) is 0 Å². The van der Waals surface area contributed by atoms with Gasteiger partial charge >= 0.3 is 5.97 Å². The van der Waals surface area contributed by atoms with Crippen LogP contribution < -0.4 is 5.32 Å². The van der Waals surface area contributed by atoms with Gasteiger partial charge in [-0.1, -0.05) is 31.2 Å². The summed E-state index contributed by atoms with van der Waals surface area (Å²) >= 11 is 0. The number of hydrogen-bond donors (Lipinski definition) is 3. The molecule has 2 atom stereocenters. The van der Waals surface area contributed by atoms with Gasteiger partial charge in [0.25, 0.3) is 0 Å². The highest BCUT2D eigenvalue weighted by molar-refractivity contribution is 5.70. The highest BCUT2D eigenvalue weighted by Crippen LogP contribution is 2.20. The van der Waals surface area contributed by atoms with Crippen LogP contribution >= 0.6 is 0 Å². The zero-order valence-electron chi connectivity index (χ0n) is 12.0. The summed E-state index contributed by atoms with van der Waals surface area (Å²) in [6, 6.07) is 7.14. The number of aliphatic hydroxyl groups excluding tert-OH is 2. The van der Waals surface area contributed by atoms with Crippen LogP contribution in [-0.4, -0.2) is 42.5 Å². The van der Waals surface area contributed by atoms with Gasteiger partial charge in [0.05, 0.1) is 26.2 Å². The molecule has 1 rings (SSSR count). The van der Waals surface area contributed by atoms with Crippen molar-refractivity contribution in [3.05, 3.63) is 35.4 Å². The van der Waals surface area contributed by atoms with E-state index in [1.165, 1.54) is 12.7 Å². The van der Waals surface area contributed by atoms with Crippen molar-refractivity contribution in [2.75, 3.05) is 20.3 Å². The topological polar surface area (TPSA) is 78.8 Å². The quantitative estimate of drug-likeness (QED) is 0.614. The molecule has 0 fully saturated rings. The summed E-state index contributed by atoms with van der Waals surface area (Å²) in [7, 11) is 1.31. The Morgan fingerprint density at radius 2 is 2.00 bits per heavy atom. The average molecular weight is 281 g/mol. The molecule has 3 N–H and O–H groups in total. The largest absolute Gasteiger partial charge is 0.469 e. The molecule has 0 bridgehead atoms. The van der Waals surface area contributed by atoms with E-state index in [2.05, 4.69) is 17.0 Å². The normalized spacial score (nSPS) is 13.8. The molecule has 2 unspecified atom stereocenters. The van der Waals surface area contributed by atoms with Gasteiger partial charge in [0.15, 0.2) is 0 Å². The smallest absolute Gasteiger partial charge is 0.307 e. The third-order valence-electron chi connectivity index (χ3n) is 3.24. The molecule has 0 radical (unpaired) electrons. The lowest BCUT2D eigenvalue weighted by atomic mass is 9.98. The molecule has 0 spiro atoms. The van der Waals surface area contributed by atoms with Crippen molar-refractivity contribution in [3.63, 3.8) is 0 Å². The van der Waals surface area contributed by atoms with Crippen LogP contribution in [0.1, 0.15) is 30.6 Å². The van der Waals surface area contributed by atoms with Crippen molar-refractivity contribution in [1.82, 2.24) is 5.32 Å². The predicted octanol–water partition coefficient (Wildman–Crippen LogP) is 0.796. The van der Waals surface area contributed by atoms with Gasteiger partial charge in [0.2, 0.25) is 0 Å². The van der Waals surface area contributed by atoms with Crippen molar-refractivity contribution in [2.24, 2.45) is 0 Å². The highest BCUT2D eigenvalue weighted by Gasteiger charge is 2.23. The first-order chi connectivity index (χ1) is 9.62. The van der Waals surface area contributed by atoms with Gasteiger partial charge in [-0.25, -0.2) is 0 Å². The first-order valence-electron chi connectivity index (χ1n) is 6.80. The Bertz CT molecular complexity index is 405. The fourth-order valence-corrected chi connectivity index (χ4v) is 1.99.